The first-order chi connectivity index (χ1) is 18.4. The molecule has 0 spiro atoms. The lowest BCUT2D eigenvalue weighted by Gasteiger charge is -2.32. The summed E-state index contributed by atoms with van der Waals surface area (Å²) >= 11 is 0.913. The molecule has 8 nitrogen and oxygen atoms in total. The number of halogens is 3. The van der Waals surface area contributed by atoms with Crippen LogP contribution in [0.5, 0.6) is 0 Å². The minimum atomic E-state index is -4.59. The Hall–Kier alpha value is -4.24. The molecule has 2 aromatic rings. The molecule has 0 aliphatic carbocycles. The maximum atomic E-state index is 13.9. The molecule has 2 aromatic carbocycles. The molecule has 2 aliphatic rings. The molecule has 12 heteroatoms. The molecule has 3 N–H and O–H groups in total. The van der Waals surface area contributed by atoms with Crippen LogP contribution >= 0.6 is 11.8 Å². The van der Waals surface area contributed by atoms with E-state index in [0.29, 0.717) is 5.69 Å². The van der Waals surface area contributed by atoms with Crippen LogP contribution in [0.15, 0.2) is 64.5 Å². The van der Waals surface area contributed by atoms with Gasteiger partial charge in [-0.15, -0.1) is 0 Å². The van der Waals surface area contributed by atoms with Gasteiger partial charge in [-0.05, 0) is 43.2 Å². The first kappa shape index (κ1) is 27.8. The molecule has 2 heterocycles. The summed E-state index contributed by atoms with van der Waals surface area (Å²) in [4.78, 5) is 40.1. The van der Waals surface area contributed by atoms with Crippen LogP contribution < -0.4 is 11.1 Å². The van der Waals surface area contributed by atoms with Crippen molar-refractivity contribution in [3.63, 3.8) is 0 Å². The number of hydrogen-bond acceptors (Lipinski definition) is 7. The zero-order valence-corrected chi connectivity index (χ0v) is 21.9. The van der Waals surface area contributed by atoms with Gasteiger partial charge in [0, 0.05) is 5.69 Å². The number of esters is 1. The van der Waals surface area contributed by atoms with Gasteiger partial charge in [0.2, 0.25) is 5.91 Å². The molecule has 0 aromatic heterocycles. The van der Waals surface area contributed by atoms with Crippen molar-refractivity contribution in [2.75, 3.05) is 12.4 Å². The third-order valence-corrected chi connectivity index (χ3v) is 7.70. The molecule has 0 unspecified atom stereocenters. The standard InChI is InChI=1S/C27H23F3N4O4S/c1-13-4-9-18(14(2)10-13)33-24(36)22-21(15-5-7-16(8-6-15)27(28,29)30)17(12-31)23(32)34-25(37)19(39-26(22)34)11-20(35)38-3/h4-10,19,21H,11,32H2,1-3H3,(H,33,36)/t19-,21+/m0/s1. The number of carbonyl (C=O) groups excluding carboxylic acids is 3. The lowest BCUT2D eigenvalue weighted by Crippen LogP contribution is -2.39. The summed E-state index contributed by atoms with van der Waals surface area (Å²) in [5.74, 6) is -3.39. The van der Waals surface area contributed by atoms with Crippen molar-refractivity contribution in [1.82, 2.24) is 4.90 Å². The van der Waals surface area contributed by atoms with Crippen molar-refractivity contribution in [3.05, 3.63) is 86.7 Å². The van der Waals surface area contributed by atoms with Crippen molar-refractivity contribution in [1.29, 1.82) is 5.26 Å². The Morgan fingerprint density at radius 2 is 1.85 bits per heavy atom. The Labute approximate surface area is 226 Å². The van der Waals surface area contributed by atoms with E-state index in [-0.39, 0.29) is 34.0 Å². The third-order valence-electron chi connectivity index (χ3n) is 6.42. The van der Waals surface area contributed by atoms with Crippen LogP contribution in [0.25, 0.3) is 0 Å². The number of ether oxygens (including phenoxy) is 1. The van der Waals surface area contributed by atoms with Gasteiger partial charge in [0.15, 0.2) is 0 Å². The van der Waals surface area contributed by atoms with Crippen molar-refractivity contribution < 1.29 is 32.3 Å². The number of nitrogens with zero attached hydrogens (tertiary/aromatic N) is 2. The second kappa shape index (κ2) is 10.5. The highest BCUT2D eigenvalue weighted by Crippen LogP contribution is 2.50. The highest BCUT2D eigenvalue weighted by atomic mass is 32.2. The van der Waals surface area contributed by atoms with E-state index < -0.39 is 40.7 Å². The number of carbonyl (C=O) groups is 3. The molecule has 2 amide bonds. The summed E-state index contributed by atoms with van der Waals surface area (Å²) in [5, 5.41) is 12.0. The van der Waals surface area contributed by atoms with E-state index in [4.69, 9.17) is 5.73 Å². The summed E-state index contributed by atoms with van der Waals surface area (Å²) in [6.07, 6.45) is -4.91. The molecule has 2 aliphatic heterocycles. The fourth-order valence-electron chi connectivity index (χ4n) is 4.49. The van der Waals surface area contributed by atoms with Crippen molar-refractivity contribution in [3.8, 4) is 6.07 Å². The average Bonchev–Trinajstić information content (AvgIpc) is 3.20. The largest absolute Gasteiger partial charge is 0.469 e. The van der Waals surface area contributed by atoms with Crippen LogP contribution in [-0.2, 0) is 25.3 Å². The molecule has 0 bridgehead atoms. The quantitative estimate of drug-likeness (QED) is 0.521. The normalized spacial score (nSPS) is 19.1. The van der Waals surface area contributed by atoms with Gasteiger partial charge in [-0.3, -0.25) is 19.3 Å². The maximum Gasteiger partial charge on any atom is 0.416 e. The second-order valence-corrected chi connectivity index (χ2v) is 10.2. The Kier molecular flexibility index (Phi) is 7.48. The number of benzene rings is 2. The zero-order valence-electron chi connectivity index (χ0n) is 21.1. The number of nitrogens with one attached hydrogen (secondary N) is 1. The molecule has 0 radical (unpaired) electrons. The summed E-state index contributed by atoms with van der Waals surface area (Å²) in [5.41, 5.74) is 7.50. The number of hydrogen-bond donors (Lipinski definition) is 2. The fraction of sp³-hybridized carbons (Fsp3) is 0.259. The Morgan fingerprint density at radius 1 is 1.18 bits per heavy atom. The molecule has 1 saturated heterocycles. The summed E-state index contributed by atoms with van der Waals surface area (Å²) < 4.78 is 44.4. The molecule has 0 saturated carbocycles. The van der Waals surface area contributed by atoms with Crippen LogP contribution in [0.2, 0.25) is 0 Å². The predicted molar refractivity (Wildman–Crippen MR) is 137 cm³/mol. The van der Waals surface area contributed by atoms with E-state index in [1.165, 1.54) is 19.2 Å². The number of nitriles is 1. The van der Waals surface area contributed by atoms with Crippen LogP contribution in [0, 0.1) is 25.2 Å². The summed E-state index contributed by atoms with van der Waals surface area (Å²) in [7, 11) is 1.17. The number of allylic oxidation sites excluding steroid dienone is 1. The highest BCUT2D eigenvalue weighted by Gasteiger charge is 2.48. The van der Waals surface area contributed by atoms with Crippen LogP contribution in [-0.4, -0.2) is 35.0 Å². The maximum absolute atomic E-state index is 13.9. The predicted octanol–water partition coefficient (Wildman–Crippen LogP) is 4.47. The number of thioether (sulfide) groups is 1. The van der Waals surface area contributed by atoms with Gasteiger partial charge in [-0.1, -0.05) is 41.6 Å². The smallest absolute Gasteiger partial charge is 0.416 e. The zero-order chi connectivity index (χ0) is 28.6. The van der Waals surface area contributed by atoms with E-state index >= 15 is 0 Å². The molecule has 2 atom stereocenters. The van der Waals surface area contributed by atoms with E-state index in [1.807, 2.05) is 19.1 Å². The minimum absolute atomic E-state index is 0.0498. The number of aryl methyl sites for hydroxylation is 2. The summed E-state index contributed by atoms with van der Waals surface area (Å²) in [6.45, 7) is 3.68. The van der Waals surface area contributed by atoms with Crippen LogP contribution in [0.1, 0.15) is 34.6 Å². The second-order valence-electron chi connectivity index (χ2n) is 9.02. The van der Waals surface area contributed by atoms with Gasteiger partial charge in [-0.2, -0.15) is 18.4 Å². The Bertz CT molecular complexity index is 1480. The topological polar surface area (TPSA) is 126 Å². The van der Waals surface area contributed by atoms with E-state index in [2.05, 4.69) is 10.1 Å². The van der Waals surface area contributed by atoms with Gasteiger partial charge in [0.25, 0.3) is 5.91 Å². The Morgan fingerprint density at radius 3 is 2.41 bits per heavy atom. The third kappa shape index (κ3) is 5.22. The van der Waals surface area contributed by atoms with Crippen molar-refractivity contribution in [2.45, 2.75) is 37.6 Å². The minimum Gasteiger partial charge on any atom is -0.469 e. The molecule has 202 valence electrons. The van der Waals surface area contributed by atoms with Crippen LogP contribution in [0.4, 0.5) is 18.9 Å². The van der Waals surface area contributed by atoms with E-state index in [0.717, 1.165) is 39.9 Å². The first-order valence-electron chi connectivity index (χ1n) is 11.6. The average molecular weight is 557 g/mol. The number of anilines is 1. The SMILES string of the molecule is COC(=O)C[C@@H]1SC2=C(C(=O)Nc3ccc(C)cc3C)[C@H](c3ccc(C(F)(F)F)cc3)C(C#N)=C(N)N2C1=O. The highest BCUT2D eigenvalue weighted by molar-refractivity contribution is 8.04. The molecule has 39 heavy (non-hydrogen) atoms. The van der Waals surface area contributed by atoms with Gasteiger partial charge < -0.3 is 15.8 Å². The van der Waals surface area contributed by atoms with Crippen molar-refractivity contribution in [2.24, 2.45) is 5.73 Å². The molecule has 1 fully saturated rings. The number of nitrogens with two attached hydrogens (primary N) is 1. The first-order valence-corrected chi connectivity index (χ1v) is 12.5. The number of methoxy groups -OCH3 is 1. The van der Waals surface area contributed by atoms with Crippen LogP contribution in [0.3, 0.4) is 0 Å². The Balaban J connectivity index is 1.88. The number of alkyl halides is 3. The van der Waals surface area contributed by atoms with E-state index in [9.17, 15) is 32.8 Å². The van der Waals surface area contributed by atoms with E-state index in [1.54, 1.807) is 19.1 Å². The van der Waals surface area contributed by atoms with Gasteiger partial charge in [-0.25, -0.2) is 0 Å². The van der Waals surface area contributed by atoms with Gasteiger partial charge in [0.05, 0.1) is 47.3 Å². The number of fused-ring (bicyclic) bond motifs is 1. The number of rotatable bonds is 5. The lowest BCUT2D eigenvalue weighted by atomic mass is 9.82. The molecular weight excluding hydrogens is 533 g/mol. The lowest BCUT2D eigenvalue weighted by molar-refractivity contribution is -0.142. The molecular formula is C27H23F3N4O4S. The molecule has 4 rings (SSSR count). The summed E-state index contributed by atoms with van der Waals surface area (Å²) in [6, 6.07) is 11.3. The van der Waals surface area contributed by atoms with Crippen molar-refractivity contribution >= 4 is 35.2 Å². The number of amides is 2. The monoisotopic (exact) mass is 556 g/mol. The van der Waals surface area contributed by atoms with Gasteiger partial charge in [0.1, 0.15) is 11.1 Å². The fourth-order valence-corrected chi connectivity index (χ4v) is 5.81. The van der Waals surface area contributed by atoms with Gasteiger partial charge >= 0.3 is 12.1 Å².